The molecule has 1 atom stereocenters. The fourth-order valence-electron chi connectivity index (χ4n) is 3.38. The molecule has 5 heteroatoms. The summed E-state index contributed by atoms with van der Waals surface area (Å²) in [4.78, 5) is 24.0. The number of benzene rings is 1. The number of alkyl carbamates (subject to hydrolysis) is 1. The lowest BCUT2D eigenvalue weighted by Gasteiger charge is -2.36. The average molecular weight is 319 g/mol. The quantitative estimate of drug-likeness (QED) is 0.891. The number of carbonyl (C=O) groups excluding carboxylic acids is 1. The fourth-order valence-corrected chi connectivity index (χ4v) is 3.38. The minimum atomic E-state index is -1.03. The lowest BCUT2D eigenvalue weighted by Crippen LogP contribution is -2.54. The Hall–Kier alpha value is -2.04. The molecule has 0 aliphatic heterocycles. The summed E-state index contributed by atoms with van der Waals surface area (Å²) in [6.45, 7) is 5.26. The molecule has 0 radical (unpaired) electrons. The third-order valence-corrected chi connectivity index (χ3v) is 4.31. The SMILES string of the molecule is CC(C)(C)OC(=O)NC(C(=O)O)C1(c2ccccc2)CCCC1. The van der Waals surface area contributed by atoms with Crippen LogP contribution in [0.5, 0.6) is 0 Å². The molecule has 2 rings (SSSR count). The maximum Gasteiger partial charge on any atom is 0.408 e. The summed E-state index contributed by atoms with van der Waals surface area (Å²) in [6.07, 6.45) is 2.70. The summed E-state index contributed by atoms with van der Waals surface area (Å²) in [5.74, 6) is -1.03. The first-order chi connectivity index (χ1) is 10.7. The van der Waals surface area contributed by atoms with E-state index >= 15 is 0 Å². The van der Waals surface area contributed by atoms with Crippen LogP contribution >= 0.6 is 0 Å². The van der Waals surface area contributed by atoms with E-state index in [0.717, 1.165) is 31.2 Å². The average Bonchev–Trinajstić information content (AvgIpc) is 2.94. The number of hydrogen-bond acceptors (Lipinski definition) is 3. The number of nitrogens with one attached hydrogen (secondary N) is 1. The minimum absolute atomic E-state index is 0.579. The third kappa shape index (κ3) is 4.03. The second-order valence-electron chi connectivity index (χ2n) is 7.15. The van der Waals surface area contributed by atoms with Crippen molar-refractivity contribution in [2.75, 3.05) is 0 Å². The molecule has 1 amide bonds. The smallest absolute Gasteiger partial charge is 0.408 e. The predicted molar refractivity (Wildman–Crippen MR) is 87.4 cm³/mol. The van der Waals surface area contributed by atoms with Crippen molar-refractivity contribution in [2.45, 2.75) is 63.5 Å². The maximum absolute atomic E-state index is 12.1. The molecule has 0 heterocycles. The second-order valence-corrected chi connectivity index (χ2v) is 7.15. The Balaban J connectivity index is 2.30. The van der Waals surface area contributed by atoms with Gasteiger partial charge >= 0.3 is 12.1 Å². The number of carboxylic acid groups (broad SMARTS) is 1. The zero-order valence-corrected chi connectivity index (χ0v) is 14.0. The van der Waals surface area contributed by atoms with Gasteiger partial charge in [0.1, 0.15) is 11.6 Å². The van der Waals surface area contributed by atoms with Crippen LogP contribution in [0.4, 0.5) is 4.79 Å². The van der Waals surface area contributed by atoms with E-state index in [2.05, 4.69) is 5.32 Å². The first-order valence-corrected chi connectivity index (χ1v) is 8.02. The van der Waals surface area contributed by atoms with Crippen molar-refractivity contribution in [1.82, 2.24) is 5.32 Å². The normalized spacial score (nSPS) is 18.2. The van der Waals surface area contributed by atoms with Gasteiger partial charge in [-0.25, -0.2) is 9.59 Å². The number of aliphatic carboxylic acids is 1. The summed E-state index contributed by atoms with van der Waals surface area (Å²) < 4.78 is 5.25. The van der Waals surface area contributed by atoms with Gasteiger partial charge < -0.3 is 15.2 Å². The molecule has 1 aliphatic carbocycles. The highest BCUT2D eigenvalue weighted by Gasteiger charge is 2.47. The molecule has 5 nitrogen and oxygen atoms in total. The van der Waals surface area contributed by atoms with Gasteiger partial charge in [-0.05, 0) is 39.2 Å². The summed E-state index contributed by atoms with van der Waals surface area (Å²) in [6, 6.07) is 8.60. The highest BCUT2D eigenvalue weighted by Crippen LogP contribution is 2.44. The van der Waals surface area contributed by atoms with Gasteiger partial charge in [-0.2, -0.15) is 0 Å². The van der Waals surface area contributed by atoms with Crippen molar-refractivity contribution < 1.29 is 19.4 Å². The van der Waals surface area contributed by atoms with E-state index < -0.39 is 29.1 Å². The van der Waals surface area contributed by atoms with Crippen LogP contribution in [0.3, 0.4) is 0 Å². The fraction of sp³-hybridized carbons (Fsp3) is 0.556. The maximum atomic E-state index is 12.1. The first kappa shape index (κ1) is 17.3. The van der Waals surface area contributed by atoms with Crippen LogP contribution in [0.2, 0.25) is 0 Å². The van der Waals surface area contributed by atoms with Crippen molar-refractivity contribution in [3.05, 3.63) is 35.9 Å². The van der Waals surface area contributed by atoms with E-state index in [1.54, 1.807) is 20.8 Å². The number of hydrogen-bond donors (Lipinski definition) is 2. The van der Waals surface area contributed by atoms with Gasteiger partial charge in [0.2, 0.25) is 0 Å². The first-order valence-electron chi connectivity index (χ1n) is 8.02. The Morgan fingerprint density at radius 2 is 1.74 bits per heavy atom. The third-order valence-electron chi connectivity index (χ3n) is 4.31. The monoisotopic (exact) mass is 319 g/mol. The number of carbonyl (C=O) groups is 2. The summed E-state index contributed by atoms with van der Waals surface area (Å²) in [5, 5.41) is 12.3. The van der Waals surface area contributed by atoms with Crippen molar-refractivity contribution in [3.8, 4) is 0 Å². The van der Waals surface area contributed by atoms with Crippen LogP contribution in [0.15, 0.2) is 30.3 Å². The molecular weight excluding hydrogens is 294 g/mol. The van der Waals surface area contributed by atoms with Gasteiger partial charge in [-0.1, -0.05) is 43.2 Å². The summed E-state index contributed by atoms with van der Waals surface area (Å²) in [5.41, 5.74) is -0.284. The molecular formula is C18H25NO4. The van der Waals surface area contributed by atoms with Crippen molar-refractivity contribution in [3.63, 3.8) is 0 Å². The Kier molecular flexibility index (Phi) is 4.97. The molecule has 0 aromatic heterocycles. The molecule has 1 fully saturated rings. The van der Waals surface area contributed by atoms with Gasteiger partial charge in [0, 0.05) is 5.41 Å². The summed E-state index contributed by atoms with van der Waals surface area (Å²) >= 11 is 0. The zero-order valence-electron chi connectivity index (χ0n) is 14.0. The van der Waals surface area contributed by atoms with Gasteiger partial charge in [-0.3, -0.25) is 0 Å². The Morgan fingerprint density at radius 3 is 2.22 bits per heavy atom. The molecule has 126 valence electrons. The van der Waals surface area contributed by atoms with E-state index in [0.29, 0.717) is 0 Å². The highest BCUT2D eigenvalue weighted by atomic mass is 16.6. The van der Waals surface area contributed by atoms with Crippen LogP contribution in [-0.4, -0.2) is 28.8 Å². The molecule has 0 saturated heterocycles. The lowest BCUT2D eigenvalue weighted by molar-refractivity contribution is -0.141. The standard InChI is InChI=1S/C18H25NO4/c1-17(2,3)23-16(22)19-14(15(20)21)18(11-7-8-12-18)13-9-5-4-6-10-13/h4-6,9-10,14H,7-8,11-12H2,1-3H3,(H,19,22)(H,20,21). The molecule has 0 bridgehead atoms. The molecule has 1 aliphatic rings. The van der Waals surface area contributed by atoms with Crippen LogP contribution in [0.1, 0.15) is 52.0 Å². The minimum Gasteiger partial charge on any atom is -0.480 e. The van der Waals surface area contributed by atoms with E-state index in [4.69, 9.17) is 4.74 Å². The highest BCUT2D eigenvalue weighted by molar-refractivity contribution is 5.82. The van der Waals surface area contributed by atoms with Gasteiger partial charge in [-0.15, -0.1) is 0 Å². The number of ether oxygens (including phenoxy) is 1. The molecule has 1 aromatic rings. The Labute approximate surface area is 137 Å². The summed E-state index contributed by atoms with van der Waals surface area (Å²) in [7, 11) is 0. The molecule has 2 N–H and O–H groups in total. The molecule has 0 spiro atoms. The van der Waals surface area contributed by atoms with Crippen LogP contribution < -0.4 is 5.32 Å². The second kappa shape index (κ2) is 6.60. The zero-order chi connectivity index (χ0) is 17.1. The largest absolute Gasteiger partial charge is 0.480 e. The molecule has 1 aromatic carbocycles. The Bertz CT molecular complexity index is 556. The van der Waals surface area contributed by atoms with Crippen molar-refractivity contribution >= 4 is 12.1 Å². The molecule has 1 unspecified atom stereocenters. The van der Waals surface area contributed by atoms with Crippen LogP contribution in [-0.2, 0) is 14.9 Å². The number of carboxylic acids is 1. The van der Waals surface area contributed by atoms with Crippen LogP contribution in [0.25, 0.3) is 0 Å². The van der Waals surface area contributed by atoms with Gasteiger partial charge in [0.05, 0.1) is 0 Å². The number of amides is 1. The Morgan fingerprint density at radius 1 is 1.17 bits per heavy atom. The molecule has 23 heavy (non-hydrogen) atoms. The van der Waals surface area contributed by atoms with Gasteiger partial charge in [0.15, 0.2) is 0 Å². The van der Waals surface area contributed by atoms with Gasteiger partial charge in [0.25, 0.3) is 0 Å². The van der Waals surface area contributed by atoms with Crippen LogP contribution in [0, 0.1) is 0 Å². The van der Waals surface area contributed by atoms with Crippen molar-refractivity contribution in [1.29, 1.82) is 0 Å². The van der Waals surface area contributed by atoms with E-state index in [1.165, 1.54) is 0 Å². The predicted octanol–water partition coefficient (Wildman–Crippen LogP) is 3.48. The number of rotatable bonds is 4. The van der Waals surface area contributed by atoms with Crippen molar-refractivity contribution in [2.24, 2.45) is 0 Å². The topological polar surface area (TPSA) is 75.6 Å². The van der Waals surface area contributed by atoms with E-state index in [-0.39, 0.29) is 0 Å². The lowest BCUT2D eigenvalue weighted by atomic mass is 9.72. The van der Waals surface area contributed by atoms with E-state index in [9.17, 15) is 14.7 Å². The van der Waals surface area contributed by atoms with E-state index in [1.807, 2.05) is 30.3 Å². The molecule has 1 saturated carbocycles.